The Kier molecular flexibility index (Phi) is 4.74. The topological polar surface area (TPSA) is 29.1 Å². The molecule has 2 rings (SSSR count). The molecule has 0 spiro atoms. The molecule has 1 fully saturated rings. The van der Waals surface area contributed by atoms with Crippen molar-refractivity contribution in [2.45, 2.75) is 46.6 Å². The Labute approximate surface area is 126 Å². The van der Waals surface area contributed by atoms with E-state index in [0.717, 1.165) is 16.5 Å². The van der Waals surface area contributed by atoms with Crippen molar-refractivity contribution < 1.29 is 4.79 Å². The van der Waals surface area contributed by atoms with Gasteiger partial charge in [0.05, 0.1) is 0 Å². The Balaban J connectivity index is 1.78. The van der Waals surface area contributed by atoms with Crippen LogP contribution < -0.4 is 5.32 Å². The Morgan fingerprint density at radius 1 is 1.30 bits per heavy atom. The van der Waals surface area contributed by atoms with E-state index < -0.39 is 0 Å². The van der Waals surface area contributed by atoms with Gasteiger partial charge in [-0.15, -0.1) is 0 Å². The minimum Gasteiger partial charge on any atom is -0.352 e. The van der Waals surface area contributed by atoms with Gasteiger partial charge in [-0.1, -0.05) is 50.9 Å². The fourth-order valence-electron chi connectivity index (χ4n) is 3.26. The van der Waals surface area contributed by atoms with Crippen LogP contribution in [0.2, 0.25) is 5.02 Å². The van der Waals surface area contributed by atoms with Crippen LogP contribution >= 0.6 is 11.6 Å². The molecular formula is C17H24ClNO. The van der Waals surface area contributed by atoms with Crippen molar-refractivity contribution in [1.29, 1.82) is 0 Å². The highest BCUT2D eigenvalue weighted by molar-refractivity contribution is 6.30. The molecule has 1 saturated carbocycles. The third kappa shape index (κ3) is 3.35. The van der Waals surface area contributed by atoms with E-state index in [1.165, 1.54) is 12.8 Å². The first-order chi connectivity index (χ1) is 9.43. The standard InChI is InChI=1S/C17H24ClNO/c1-4-13-9-14(17(13,2)3)10-16(20)19-11-12-5-7-15(18)8-6-12/h5-8,13-14H,4,9-11H2,1-3H3,(H,19,20)/t13-,14-/m1/s1. The molecule has 0 aliphatic heterocycles. The van der Waals surface area contributed by atoms with Crippen molar-refractivity contribution in [2.75, 3.05) is 0 Å². The summed E-state index contributed by atoms with van der Waals surface area (Å²) in [7, 11) is 0. The van der Waals surface area contributed by atoms with Crippen LogP contribution in [-0.2, 0) is 11.3 Å². The molecule has 3 heteroatoms. The van der Waals surface area contributed by atoms with E-state index in [0.29, 0.717) is 24.3 Å². The maximum absolute atomic E-state index is 12.0. The molecule has 0 aromatic heterocycles. The van der Waals surface area contributed by atoms with Crippen LogP contribution in [0.5, 0.6) is 0 Å². The molecule has 0 heterocycles. The van der Waals surface area contributed by atoms with Gasteiger partial charge in [0.25, 0.3) is 0 Å². The molecule has 20 heavy (non-hydrogen) atoms. The van der Waals surface area contributed by atoms with Crippen LogP contribution in [0.3, 0.4) is 0 Å². The fraction of sp³-hybridized carbons (Fsp3) is 0.588. The van der Waals surface area contributed by atoms with Crippen LogP contribution in [0.25, 0.3) is 0 Å². The van der Waals surface area contributed by atoms with Crippen molar-refractivity contribution in [1.82, 2.24) is 5.32 Å². The SMILES string of the molecule is CC[C@@H]1C[C@H](CC(=O)NCc2ccc(Cl)cc2)C1(C)C. The molecule has 1 aromatic rings. The monoisotopic (exact) mass is 293 g/mol. The van der Waals surface area contributed by atoms with Crippen LogP contribution in [-0.4, -0.2) is 5.91 Å². The Hall–Kier alpha value is -1.02. The number of amides is 1. The number of benzene rings is 1. The lowest BCUT2D eigenvalue weighted by atomic mass is 9.53. The number of hydrogen-bond acceptors (Lipinski definition) is 1. The van der Waals surface area contributed by atoms with Crippen LogP contribution in [0.1, 0.15) is 45.6 Å². The minimum atomic E-state index is 0.160. The highest BCUT2D eigenvalue weighted by atomic mass is 35.5. The number of hydrogen-bond donors (Lipinski definition) is 1. The van der Waals surface area contributed by atoms with Gasteiger partial charge in [0.15, 0.2) is 0 Å². The lowest BCUT2D eigenvalue weighted by molar-refractivity contribution is -0.127. The third-order valence-electron chi connectivity index (χ3n) is 5.00. The minimum absolute atomic E-state index is 0.160. The predicted octanol–water partition coefficient (Wildman–Crippen LogP) is 4.42. The molecule has 2 nitrogen and oxygen atoms in total. The van der Waals surface area contributed by atoms with E-state index in [1.807, 2.05) is 24.3 Å². The van der Waals surface area contributed by atoms with Crippen LogP contribution in [0.4, 0.5) is 0 Å². The highest BCUT2D eigenvalue weighted by Gasteiger charge is 2.47. The zero-order chi connectivity index (χ0) is 14.8. The molecule has 0 unspecified atom stereocenters. The Bertz CT molecular complexity index is 466. The number of carbonyl (C=O) groups is 1. The molecule has 0 bridgehead atoms. The third-order valence-corrected chi connectivity index (χ3v) is 5.25. The second-order valence-corrected chi connectivity index (χ2v) is 6.90. The Morgan fingerprint density at radius 3 is 2.50 bits per heavy atom. The van der Waals surface area contributed by atoms with Gasteiger partial charge in [0.2, 0.25) is 5.91 Å². The number of rotatable bonds is 5. The molecule has 0 radical (unpaired) electrons. The van der Waals surface area contributed by atoms with E-state index in [9.17, 15) is 4.79 Å². The summed E-state index contributed by atoms with van der Waals surface area (Å²) in [6, 6.07) is 7.60. The maximum Gasteiger partial charge on any atom is 0.220 e. The van der Waals surface area contributed by atoms with Gasteiger partial charge < -0.3 is 5.32 Å². The summed E-state index contributed by atoms with van der Waals surface area (Å²) < 4.78 is 0. The van der Waals surface area contributed by atoms with Gasteiger partial charge in [-0.05, 0) is 41.4 Å². The smallest absolute Gasteiger partial charge is 0.220 e. The van der Waals surface area contributed by atoms with Gasteiger partial charge in [-0.25, -0.2) is 0 Å². The molecule has 0 saturated heterocycles. The molecule has 1 aliphatic carbocycles. The quantitative estimate of drug-likeness (QED) is 0.855. The Morgan fingerprint density at radius 2 is 1.95 bits per heavy atom. The average molecular weight is 294 g/mol. The molecule has 2 atom stereocenters. The molecule has 1 aliphatic rings. The van der Waals surface area contributed by atoms with E-state index in [4.69, 9.17) is 11.6 Å². The molecular weight excluding hydrogens is 270 g/mol. The van der Waals surface area contributed by atoms with Gasteiger partial charge in [0.1, 0.15) is 0 Å². The highest BCUT2D eigenvalue weighted by Crippen LogP contribution is 2.54. The first-order valence-corrected chi connectivity index (χ1v) is 7.82. The van der Waals surface area contributed by atoms with Gasteiger partial charge in [-0.3, -0.25) is 4.79 Å². The summed E-state index contributed by atoms with van der Waals surface area (Å²) in [5.41, 5.74) is 1.40. The van der Waals surface area contributed by atoms with Gasteiger partial charge >= 0.3 is 0 Å². The van der Waals surface area contributed by atoms with Crippen LogP contribution in [0, 0.1) is 17.3 Å². The van der Waals surface area contributed by atoms with Crippen molar-refractivity contribution in [2.24, 2.45) is 17.3 Å². The summed E-state index contributed by atoms with van der Waals surface area (Å²) in [6.45, 7) is 7.41. The lowest BCUT2D eigenvalue weighted by Crippen LogP contribution is -2.46. The zero-order valence-corrected chi connectivity index (χ0v) is 13.3. The van der Waals surface area contributed by atoms with Crippen molar-refractivity contribution in [3.05, 3.63) is 34.9 Å². The van der Waals surface area contributed by atoms with E-state index in [2.05, 4.69) is 26.1 Å². The summed E-state index contributed by atoms with van der Waals surface area (Å²) in [5, 5.41) is 3.73. The second kappa shape index (κ2) is 6.17. The summed E-state index contributed by atoms with van der Waals surface area (Å²) in [4.78, 5) is 12.0. The van der Waals surface area contributed by atoms with Gasteiger partial charge in [0, 0.05) is 18.0 Å². The number of nitrogens with one attached hydrogen (secondary N) is 1. The van der Waals surface area contributed by atoms with E-state index >= 15 is 0 Å². The first-order valence-electron chi connectivity index (χ1n) is 7.44. The van der Waals surface area contributed by atoms with E-state index in [-0.39, 0.29) is 5.91 Å². The van der Waals surface area contributed by atoms with Crippen molar-refractivity contribution >= 4 is 17.5 Å². The average Bonchev–Trinajstić information content (AvgIpc) is 2.42. The number of halogens is 1. The normalized spacial score (nSPS) is 24.0. The van der Waals surface area contributed by atoms with Gasteiger partial charge in [-0.2, -0.15) is 0 Å². The number of carbonyl (C=O) groups excluding carboxylic acids is 1. The van der Waals surface area contributed by atoms with Crippen LogP contribution in [0.15, 0.2) is 24.3 Å². The van der Waals surface area contributed by atoms with E-state index in [1.54, 1.807) is 0 Å². The largest absolute Gasteiger partial charge is 0.352 e. The molecule has 1 N–H and O–H groups in total. The maximum atomic E-state index is 12.0. The summed E-state index contributed by atoms with van der Waals surface area (Å²) >= 11 is 5.84. The fourth-order valence-corrected chi connectivity index (χ4v) is 3.39. The first kappa shape index (κ1) is 15.4. The van der Waals surface area contributed by atoms with Crippen molar-refractivity contribution in [3.8, 4) is 0 Å². The summed E-state index contributed by atoms with van der Waals surface area (Å²) in [6.07, 6.45) is 3.06. The lowest BCUT2D eigenvalue weighted by Gasteiger charge is -2.52. The summed E-state index contributed by atoms with van der Waals surface area (Å²) in [5.74, 6) is 1.46. The zero-order valence-electron chi connectivity index (χ0n) is 12.6. The molecule has 1 aromatic carbocycles. The predicted molar refractivity (Wildman–Crippen MR) is 83.6 cm³/mol. The van der Waals surface area contributed by atoms with Crippen molar-refractivity contribution in [3.63, 3.8) is 0 Å². The molecule has 110 valence electrons. The molecule has 1 amide bonds. The second-order valence-electron chi connectivity index (χ2n) is 6.47.